The number of nitrogens with one attached hydrogen (secondary N) is 1. The Kier molecular flexibility index (Phi) is 6.73. The maximum atomic E-state index is 13.2. The van der Waals surface area contributed by atoms with Crippen LogP contribution in [0.2, 0.25) is 0 Å². The molecule has 3 aliphatic rings. The van der Waals surface area contributed by atoms with Crippen LogP contribution in [0, 0.1) is 5.92 Å². The summed E-state index contributed by atoms with van der Waals surface area (Å²) in [6.07, 6.45) is 3.77. The van der Waals surface area contributed by atoms with Crippen LogP contribution in [0.1, 0.15) is 36.0 Å². The van der Waals surface area contributed by atoms with Crippen molar-refractivity contribution < 1.29 is 23.8 Å². The van der Waals surface area contributed by atoms with Crippen LogP contribution in [-0.4, -0.2) is 55.1 Å². The third-order valence-electron chi connectivity index (χ3n) is 6.36. The van der Waals surface area contributed by atoms with Gasteiger partial charge in [-0.05, 0) is 49.9 Å². The molecule has 3 heterocycles. The lowest BCUT2D eigenvalue weighted by Crippen LogP contribution is -2.41. The van der Waals surface area contributed by atoms with Crippen LogP contribution < -0.4 is 14.8 Å². The molecule has 8 heteroatoms. The molecule has 3 aliphatic heterocycles. The summed E-state index contributed by atoms with van der Waals surface area (Å²) in [5, 5.41) is 2.98. The minimum absolute atomic E-state index is 0.0199. The number of rotatable bonds is 6. The molecule has 2 aromatic carbocycles. The fourth-order valence-electron chi connectivity index (χ4n) is 4.46. The molecule has 0 saturated carbocycles. The van der Waals surface area contributed by atoms with Crippen LogP contribution in [0.3, 0.4) is 0 Å². The number of carbonyl (C=O) groups is 2. The van der Waals surface area contributed by atoms with Crippen molar-refractivity contribution in [2.45, 2.75) is 36.7 Å². The van der Waals surface area contributed by atoms with Gasteiger partial charge in [-0.2, -0.15) is 0 Å². The van der Waals surface area contributed by atoms with Gasteiger partial charge in [-0.15, -0.1) is 11.8 Å². The Morgan fingerprint density at radius 3 is 2.67 bits per heavy atom. The fourth-order valence-corrected chi connectivity index (χ4v) is 5.58. The summed E-state index contributed by atoms with van der Waals surface area (Å²) in [4.78, 5) is 28.9. The molecule has 5 rings (SSSR count). The number of amides is 2. The highest BCUT2D eigenvalue weighted by Crippen LogP contribution is 2.35. The number of hydrogen-bond donors (Lipinski definition) is 1. The molecule has 33 heavy (non-hydrogen) atoms. The molecule has 0 bridgehead atoms. The van der Waals surface area contributed by atoms with Gasteiger partial charge in [0.05, 0.1) is 11.7 Å². The second-order valence-corrected chi connectivity index (χ2v) is 9.63. The Hall–Kier alpha value is -2.71. The van der Waals surface area contributed by atoms with Crippen LogP contribution in [0.15, 0.2) is 47.4 Å². The predicted octanol–water partition coefficient (Wildman–Crippen LogP) is 4.18. The third kappa shape index (κ3) is 5.12. The van der Waals surface area contributed by atoms with Crippen molar-refractivity contribution in [3.63, 3.8) is 0 Å². The molecule has 174 valence electrons. The number of likely N-dealkylation sites (tertiary alicyclic amines) is 1. The summed E-state index contributed by atoms with van der Waals surface area (Å²) in [6.45, 7) is 2.18. The first kappa shape index (κ1) is 22.1. The number of anilines is 1. The van der Waals surface area contributed by atoms with E-state index in [2.05, 4.69) is 5.32 Å². The quantitative estimate of drug-likeness (QED) is 0.641. The fraction of sp³-hybridized carbons (Fsp3) is 0.440. The van der Waals surface area contributed by atoms with E-state index in [4.69, 9.17) is 14.2 Å². The van der Waals surface area contributed by atoms with E-state index in [-0.39, 0.29) is 30.6 Å². The van der Waals surface area contributed by atoms with E-state index >= 15 is 0 Å². The van der Waals surface area contributed by atoms with Gasteiger partial charge in [0, 0.05) is 48.0 Å². The van der Waals surface area contributed by atoms with Crippen molar-refractivity contribution >= 4 is 29.3 Å². The molecule has 0 aliphatic carbocycles. The van der Waals surface area contributed by atoms with Crippen molar-refractivity contribution in [3.05, 3.63) is 48.0 Å². The van der Waals surface area contributed by atoms with E-state index in [0.29, 0.717) is 43.1 Å². The number of ether oxygens (including phenoxy) is 3. The molecular weight excluding hydrogens is 440 g/mol. The Morgan fingerprint density at radius 2 is 1.85 bits per heavy atom. The number of benzene rings is 2. The number of nitrogens with zero attached hydrogens (tertiary/aromatic N) is 1. The standard InChI is InChI=1S/C25H28N2O5S/c28-24(26-18-7-8-21-22(14-18)32-16-31-21)17-9-11-27(12-10-17)25(29)20-5-1-2-6-23(20)33-15-19-4-3-13-30-19/h1-2,5-8,14,17,19H,3-4,9-13,15-16H2,(H,26,28)/t19-/m0/s1. The maximum Gasteiger partial charge on any atom is 0.254 e. The highest BCUT2D eigenvalue weighted by atomic mass is 32.2. The summed E-state index contributed by atoms with van der Waals surface area (Å²) < 4.78 is 16.4. The summed E-state index contributed by atoms with van der Waals surface area (Å²) >= 11 is 1.70. The van der Waals surface area contributed by atoms with Crippen LogP contribution in [0.5, 0.6) is 11.5 Å². The number of hydrogen-bond acceptors (Lipinski definition) is 6. The van der Waals surface area contributed by atoms with E-state index in [9.17, 15) is 9.59 Å². The van der Waals surface area contributed by atoms with E-state index in [1.54, 1.807) is 23.9 Å². The molecule has 0 unspecified atom stereocenters. The summed E-state index contributed by atoms with van der Waals surface area (Å²) in [7, 11) is 0. The van der Waals surface area contributed by atoms with Crippen LogP contribution in [0.25, 0.3) is 0 Å². The predicted molar refractivity (Wildman–Crippen MR) is 126 cm³/mol. The lowest BCUT2D eigenvalue weighted by molar-refractivity contribution is -0.121. The Bertz CT molecular complexity index is 1020. The molecule has 2 fully saturated rings. The Balaban J connectivity index is 1.15. The molecule has 0 radical (unpaired) electrons. The summed E-state index contributed by atoms with van der Waals surface area (Å²) in [5.74, 6) is 2.10. The number of fused-ring (bicyclic) bond motifs is 1. The third-order valence-corrected chi connectivity index (χ3v) is 7.56. The number of thioether (sulfide) groups is 1. The zero-order chi connectivity index (χ0) is 22.6. The SMILES string of the molecule is O=C(Nc1ccc2c(c1)OCO2)C1CCN(C(=O)c2ccccc2SC[C@@H]2CCCO2)CC1. The molecule has 1 N–H and O–H groups in total. The largest absolute Gasteiger partial charge is 0.454 e. The van der Waals surface area contributed by atoms with Crippen molar-refractivity contribution in [3.8, 4) is 11.5 Å². The Labute approximate surface area is 197 Å². The smallest absolute Gasteiger partial charge is 0.254 e. The second kappa shape index (κ2) is 10.1. The minimum atomic E-state index is -0.122. The zero-order valence-corrected chi connectivity index (χ0v) is 19.3. The number of piperidine rings is 1. The van der Waals surface area contributed by atoms with Gasteiger partial charge in [0.25, 0.3) is 5.91 Å². The molecule has 2 amide bonds. The van der Waals surface area contributed by atoms with Gasteiger partial charge in [0.2, 0.25) is 12.7 Å². The summed E-state index contributed by atoms with van der Waals surface area (Å²) in [6, 6.07) is 13.2. The molecule has 0 aromatic heterocycles. The maximum absolute atomic E-state index is 13.2. The zero-order valence-electron chi connectivity index (χ0n) is 18.5. The van der Waals surface area contributed by atoms with Crippen molar-refractivity contribution in [2.75, 3.05) is 37.6 Å². The lowest BCUT2D eigenvalue weighted by Gasteiger charge is -2.32. The topological polar surface area (TPSA) is 77.1 Å². The Morgan fingerprint density at radius 1 is 1.03 bits per heavy atom. The van der Waals surface area contributed by atoms with Crippen LogP contribution >= 0.6 is 11.8 Å². The molecule has 1 atom stereocenters. The van der Waals surface area contributed by atoms with Crippen molar-refractivity contribution in [2.24, 2.45) is 5.92 Å². The molecule has 2 saturated heterocycles. The first-order valence-electron chi connectivity index (χ1n) is 11.5. The molecular formula is C25H28N2O5S. The summed E-state index contributed by atoms with van der Waals surface area (Å²) in [5.41, 5.74) is 1.43. The van der Waals surface area contributed by atoms with E-state index < -0.39 is 0 Å². The van der Waals surface area contributed by atoms with Crippen molar-refractivity contribution in [1.82, 2.24) is 4.90 Å². The first-order valence-corrected chi connectivity index (χ1v) is 12.5. The highest BCUT2D eigenvalue weighted by Gasteiger charge is 2.29. The monoisotopic (exact) mass is 468 g/mol. The van der Waals surface area contributed by atoms with Gasteiger partial charge < -0.3 is 24.4 Å². The first-order chi connectivity index (χ1) is 16.2. The molecule has 7 nitrogen and oxygen atoms in total. The normalized spacial score (nSPS) is 20.1. The second-order valence-electron chi connectivity index (χ2n) is 8.57. The highest BCUT2D eigenvalue weighted by molar-refractivity contribution is 7.99. The average molecular weight is 469 g/mol. The van der Waals surface area contributed by atoms with Crippen LogP contribution in [0.4, 0.5) is 5.69 Å². The molecule has 2 aromatic rings. The van der Waals surface area contributed by atoms with Gasteiger partial charge in [-0.1, -0.05) is 12.1 Å². The van der Waals surface area contributed by atoms with Gasteiger partial charge in [-0.25, -0.2) is 0 Å². The number of carbonyl (C=O) groups excluding carboxylic acids is 2. The van der Waals surface area contributed by atoms with Gasteiger partial charge >= 0.3 is 0 Å². The van der Waals surface area contributed by atoms with E-state index in [1.165, 1.54) is 0 Å². The van der Waals surface area contributed by atoms with Gasteiger partial charge in [-0.3, -0.25) is 9.59 Å². The average Bonchev–Trinajstić information content (AvgIpc) is 3.54. The van der Waals surface area contributed by atoms with E-state index in [0.717, 1.165) is 35.7 Å². The van der Waals surface area contributed by atoms with Crippen LogP contribution in [-0.2, 0) is 9.53 Å². The molecule has 0 spiro atoms. The lowest BCUT2D eigenvalue weighted by atomic mass is 9.95. The minimum Gasteiger partial charge on any atom is -0.454 e. The van der Waals surface area contributed by atoms with Gasteiger partial charge in [0.15, 0.2) is 11.5 Å². The van der Waals surface area contributed by atoms with Crippen molar-refractivity contribution in [1.29, 1.82) is 0 Å². The van der Waals surface area contributed by atoms with Gasteiger partial charge in [0.1, 0.15) is 0 Å². The van der Waals surface area contributed by atoms with E-state index in [1.807, 2.05) is 35.2 Å².